The van der Waals surface area contributed by atoms with Crippen molar-refractivity contribution >= 4 is 41.1 Å². The molecule has 0 saturated heterocycles. The number of carboxylic acid groups (broad SMARTS) is 1. The summed E-state index contributed by atoms with van der Waals surface area (Å²) in [5.41, 5.74) is 1.28. The minimum Gasteiger partial charge on any atom is -0.493 e. The summed E-state index contributed by atoms with van der Waals surface area (Å²) in [6.45, 7) is 1.44. The quantitative estimate of drug-likeness (QED) is 0.757. The van der Waals surface area contributed by atoms with Crippen molar-refractivity contribution in [2.24, 2.45) is 4.99 Å². The molecule has 0 heterocycles. The van der Waals surface area contributed by atoms with E-state index in [9.17, 15) is 4.79 Å². The highest BCUT2D eigenvalue weighted by molar-refractivity contribution is 6.43. The van der Waals surface area contributed by atoms with Gasteiger partial charge in [-0.3, -0.25) is 4.99 Å². The summed E-state index contributed by atoms with van der Waals surface area (Å²) in [7, 11) is 1.47. The second kappa shape index (κ2) is 8.04. The number of hydrogen-bond donors (Lipinski definition) is 1. The van der Waals surface area contributed by atoms with Crippen molar-refractivity contribution in [2.45, 2.75) is 13.0 Å². The Bertz CT molecular complexity index is 777. The van der Waals surface area contributed by atoms with Crippen molar-refractivity contribution < 1.29 is 19.4 Å². The number of methoxy groups -OCH3 is 1. The van der Waals surface area contributed by atoms with E-state index in [1.165, 1.54) is 14.0 Å². The minimum absolute atomic E-state index is 0.338. The van der Waals surface area contributed by atoms with E-state index in [4.69, 9.17) is 37.8 Å². The predicted octanol–water partition coefficient (Wildman–Crippen LogP) is 4.60. The highest BCUT2D eigenvalue weighted by atomic mass is 35.5. The van der Waals surface area contributed by atoms with Crippen LogP contribution < -0.4 is 9.47 Å². The number of ether oxygens (including phenoxy) is 2. The van der Waals surface area contributed by atoms with Crippen LogP contribution in [0.5, 0.6) is 11.5 Å². The zero-order valence-electron chi connectivity index (χ0n) is 13.0. The van der Waals surface area contributed by atoms with Crippen molar-refractivity contribution in [3.63, 3.8) is 0 Å². The van der Waals surface area contributed by atoms with Crippen LogP contribution in [0.2, 0.25) is 10.0 Å². The number of aliphatic carboxylic acids is 1. The molecule has 0 aliphatic carbocycles. The number of hydrogen-bond acceptors (Lipinski definition) is 4. The van der Waals surface area contributed by atoms with Crippen molar-refractivity contribution in [1.82, 2.24) is 0 Å². The maximum Gasteiger partial charge on any atom is 0.344 e. The zero-order chi connectivity index (χ0) is 17.7. The number of benzene rings is 2. The molecular weight excluding hydrogens is 353 g/mol. The largest absolute Gasteiger partial charge is 0.493 e. The maximum atomic E-state index is 10.9. The van der Waals surface area contributed by atoms with Gasteiger partial charge in [0.1, 0.15) is 0 Å². The average Bonchev–Trinajstić information content (AvgIpc) is 2.57. The van der Waals surface area contributed by atoms with Crippen molar-refractivity contribution in [1.29, 1.82) is 0 Å². The SMILES string of the molecule is COc1cc(C=Nc2cccc(Cl)c2Cl)ccc1O[C@@H](C)C(=O)O. The van der Waals surface area contributed by atoms with Gasteiger partial charge in [-0.2, -0.15) is 0 Å². The van der Waals surface area contributed by atoms with E-state index in [0.29, 0.717) is 27.2 Å². The van der Waals surface area contributed by atoms with Crippen molar-refractivity contribution in [2.75, 3.05) is 7.11 Å². The molecule has 1 N–H and O–H groups in total. The Labute approximate surface area is 149 Å². The molecule has 2 aromatic carbocycles. The van der Waals surface area contributed by atoms with Crippen molar-refractivity contribution in [3.05, 3.63) is 52.0 Å². The van der Waals surface area contributed by atoms with Crippen LogP contribution in [-0.2, 0) is 4.79 Å². The number of rotatable bonds is 6. The van der Waals surface area contributed by atoms with E-state index >= 15 is 0 Å². The molecule has 0 aliphatic heterocycles. The van der Waals surface area contributed by atoms with E-state index in [1.54, 1.807) is 42.6 Å². The number of halogens is 2. The Morgan fingerprint density at radius 3 is 2.67 bits per heavy atom. The fourth-order valence-electron chi connectivity index (χ4n) is 1.84. The van der Waals surface area contributed by atoms with Gasteiger partial charge in [-0.05, 0) is 42.8 Å². The lowest BCUT2D eigenvalue weighted by atomic mass is 10.2. The van der Waals surface area contributed by atoms with Gasteiger partial charge in [-0.15, -0.1) is 0 Å². The molecule has 0 fully saturated rings. The Morgan fingerprint density at radius 2 is 2.00 bits per heavy atom. The van der Waals surface area contributed by atoms with Gasteiger partial charge in [0.25, 0.3) is 0 Å². The Balaban J connectivity index is 2.24. The Morgan fingerprint density at radius 1 is 1.25 bits per heavy atom. The molecular formula is C17H15Cl2NO4. The second-order valence-electron chi connectivity index (χ2n) is 4.84. The lowest BCUT2D eigenvalue weighted by molar-refractivity contribution is -0.144. The van der Waals surface area contributed by atoms with Crippen LogP contribution in [-0.4, -0.2) is 30.5 Å². The summed E-state index contributed by atoms with van der Waals surface area (Å²) in [6, 6.07) is 10.2. The molecule has 24 heavy (non-hydrogen) atoms. The number of aliphatic imine (C=N–C) groups is 1. The Kier molecular flexibility index (Phi) is 6.06. The van der Waals surface area contributed by atoms with E-state index < -0.39 is 12.1 Å². The molecule has 7 heteroatoms. The molecule has 5 nitrogen and oxygen atoms in total. The smallest absolute Gasteiger partial charge is 0.344 e. The van der Waals surface area contributed by atoms with Gasteiger partial charge in [0, 0.05) is 6.21 Å². The third-order valence-corrected chi connectivity index (χ3v) is 3.93. The molecule has 2 aromatic rings. The number of carboxylic acids is 1. The van der Waals surface area contributed by atoms with Crippen LogP contribution in [0.4, 0.5) is 5.69 Å². The molecule has 2 rings (SSSR count). The van der Waals surface area contributed by atoms with Gasteiger partial charge < -0.3 is 14.6 Å². The van der Waals surface area contributed by atoms with Gasteiger partial charge in [0.05, 0.1) is 22.8 Å². The summed E-state index contributed by atoms with van der Waals surface area (Å²) >= 11 is 12.0. The van der Waals surface area contributed by atoms with Crippen LogP contribution in [0.1, 0.15) is 12.5 Å². The molecule has 0 bridgehead atoms. The molecule has 0 spiro atoms. The molecule has 0 unspecified atom stereocenters. The normalized spacial score (nSPS) is 12.2. The first-order valence-electron chi connectivity index (χ1n) is 6.98. The fraction of sp³-hybridized carbons (Fsp3) is 0.176. The average molecular weight is 368 g/mol. The molecule has 126 valence electrons. The third kappa shape index (κ3) is 4.40. The number of carbonyl (C=O) groups is 1. The lowest BCUT2D eigenvalue weighted by Gasteiger charge is -2.14. The maximum absolute atomic E-state index is 10.9. The first kappa shape index (κ1) is 18.1. The van der Waals surface area contributed by atoms with Crippen LogP contribution in [0, 0.1) is 0 Å². The van der Waals surface area contributed by atoms with Crippen molar-refractivity contribution in [3.8, 4) is 11.5 Å². The third-order valence-electron chi connectivity index (χ3n) is 3.12. The van der Waals surface area contributed by atoms with Crippen LogP contribution in [0.3, 0.4) is 0 Å². The van der Waals surface area contributed by atoms with Gasteiger partial charge in [0.2, 0.25) is 0 Å². The summed E-state index contributed by atoms with van der Waals surface area (Å²) in [5, 5.41) is 9.71. The number of nitrogens with zero attached hydrogens (tertiary/aromatic N) is 1. The molecule has 0 radical (unpaired) electrons. The molecule has 0 amide bonds. The molecule has 1 atom stereocenters. The second-order valence-corrected chi connectivity index (χ2v) is 5.62. The first-order chi connectivity index (χ1) is 11.4. The summed E-state index contributed by atoms with van der Waals surface area (Å²) in [6.07, 6.45) is 0.619. The van der Waals surface area contributed by atoms with Crippen LogP contribution in [0.15, 0.2) is 41.4 Å². The van der Waals surface area contributed by atoms with E-state index in [-0.39, 0.29) is 0 Å². The van der Waals surface area contributed by atoms with Gasteiger partial charge in [-0.1, -0.05) is 29.3 Å². The van der Waals surface area contributed by atoms with Crippen LogP contribution >= 0.6 is 23.2 Å². The van der Waals surface area contributed by atoms with E-state index in [2.05, 4.69) is 4.99 Å². The Hall–Kier alpha value is -2.24. The predicted molar refractivity (Wildman–Crippen MR) is 94.4 cm³/mol. The summed E-state index contributed by atoms with van der Waals surface area (Å²) in [5.74, 6) is -0.312. The lowest BCUT2D eigenvalue weighted by Crippen LogP contribution is -2.23. The molecule has 0 aromatic heterocycles. The topological polar surface area (TPSA) is 68.1 Å². The van der Waals surface area contributed by atoms with E-state index in [0.717, 1.165) is 5.56 Å². The van der Waals surface area contributed by atoms with Crippen LogP contribution in [0.25, 0.3) is 0 Å². The molecule has 0 saturated carbocycles. The summed E-state index contributed by atoms with van der Waals surface area (Å²) in [4.78, 5) is 15.2. The van der Waals surface area contributed by atoms with E-state index in [1.807, 2.05) is 0 Å². The highest BCUT2D eigenvalue weighted by Crippen LogP contribution is 2.32. The minimum atomic E-state index is -1.06. The highest BCUT2D eigenvalue weighted by Gasteiger charge is 2.15. The monoisotopic (exact) mass is 367 g/mol. The fourth-order valence-corrected chi connectivity index (χ4v) is 2.18. The summed E-state index contributed by atoms with van der Waals surface area (Å²) < 4.78 is 10.6. The van der Waals surface area contributed by atoms with Gasteiger partial charge in [-0.25, -0.2) is 4.79 Å². The standard InChI is InChI=1S/C17H15Cl2NO4/c1-10(17(21)22)24-14-7-6-11(8-15(14)23-2)9-20-13-5-3-4-12(18)16(13)19/h3-10H,1-2H3,(H,21,22)/t10-/m0/s1. The zero-order valence-corrected chi connectivity index (χ0v) is 14.5. The van der Waals surface area contributed by atoms with Gasteiger partial charge in [0.15, 0.2) is 17.6 Å². The molecule has 0 aliphatic rings. The van der Waals surface area contributed by atoms with Gasteiger partial charge >= 0.3 is 5.97 Å². The first-order valence-corrected chi connectivity index (χ1v) is 7.73.